The molecule has 2 aromatic heterocycles. The smallest absolute Gasteiger partial charge is 0.185 e. The first-order valence-corrected chi connectivity index (χ1v) is 13.2. The van der Waals surface area contributed by atoms with Gasteiger partial charge in [-0.3, -0.25) is 9.78 Å². The highest BCUT2D eigenvalue weighted by molar-refractivity contribution is 5.96. The molecule has 0 saturated heterocycles. The highest BCUT2D eigenvalue weighted by Gasteiger charge is 2.38. The maximum Gasteiger partial charge on any atom is 0.185 e. The fourth-order valence-corrected chi connectivity index (χ4v) is 6.11. The molecular weight excluding hydrogens is 507 g/mol. The van der Waals surface area contributed by atoms with E-state index in [-0.39, 0.29) is 41.7 Å². The number of Topliss-reactive ketones (excluding diaryl/α,β-unsaturated/α-hetero) is 1. The third-order valence-electron chi connectivity index (χ3n) is 8.33. The lowest BCUT2D eigenvalue weighted by molar-refractivity contribution is -0.0392. The molecule has 9 heteroatoms. The molecular formula is C30H32F3N3O3. The number of carbonyl (C=O) groups excluding carboxylic acids is 1. The van der Waals surface area contributed by atoms with Crippen LogP contribution in [0.4, 0.5) is 13.2 Å². The number of nitrogens with two attached hydrogens (primary N) is 1. The fourth-order valence-electron chi connectivity index (χ4n) is 6.11. The zero-order valence-corrected chi connectivity index (χ0v) is 22.0. The Balaban J connectivity index is 1.42. The molecule has 0 spiro atoms. The standard InChI is InChI=1S/C30H32F3N3O3/c1-16-10-17(11-24(34)29(16)39-2)20-6-9-35-15-18(20)12-26(37)25-5-4-21(31)28(36-25)27-22(32)13-19(14-23(27)33)30(38)7-3-8-30/h4-6,9,13-17,24,29,38H,3,7-8,10-12,34H2,1-2H3/t16-,17+,24+,29+/m0/s1. The molecule has 0 bridgehead atoms. The summed E-state index contributed by atoms with van der Waals surface area (Å²) in [6.45, 7) is 2.09. The number of rotatable bonds is 7. The maximum atomic E-state index is 15.1. The van der Waals surface area contributed by atoms with Crippen LogP contribution in [0.2, 0.25) is 0 Å². The number of hydrogen-bond donors (Lipinski definition) is 2. The summed E-state index contributed by atoms with van der Waals surface area (Å²) < 4.78 is 50.4. The van der Waals surface area contributed by atoms with Crippen molar-refractivity contribution in [1.29, 1.82) is 0 Å². The molecule has 2 aliphatic rings. The van der Waals surface area contributed by atoms with E-state index >= 15 is 8.78 Å². The van der Waals surface area contributed by atoms with Crippen molar-refractivity contribution in [3.63, 3.8) is 0 Å². The molecule has 206 valence electrons. The van der Waals surface area contributed by atoms with Crippen LogP contribution >= 0.6 is 0 Å². The van der Waals surface area contributed by atoms with Crippen LogP contribution in [-0.2, 0) is 16.8 Å². The lowest BCUT2D eigenvalue weighted by Gasteiger charge is -2.38. The van der Waals surface area contributed by atoms with E-state index in [2.05, 4.69) is 16.9 Å². The van der Waals surface area contributed by atoms with Gasteiger partial charge in [-0.2, -0.15) is 0 Å². The van der Waals surface area contributed by atoms with E-state index < -0.39 is 40.1 Å². The lowest BCUT2D eigenvalue weighted by Crippen LogP contribution is -2.45. The zero-order valence-electron chi connectivity index (χ0n) is 22.0. The van der Waals surface area contributed by atoms with Crippen LogP contribution in [0.1, 0.15) is 72.1 Å². The molecule has 3 aromatic rings. The number of carbonyl (C=O) groups is 1. The van der Waals surface area contributed by atoms with Crippen LogP contribution in [-0.4, -0.2) is 40.1 Å². The molecule has 2 aliphatic carbocycles. The number of ketones is 1. The van der Waals surface area contributed by atoms with Gasteiger partial charge in [0.25, 0.3) is 0 Å². The van der Waals surface area contributed by atoms with Crippen molar-refractivity contribution < 1.29 is 27.8 Å². The first-order chi connectivity index (χ1) is 18.6. The maximum absolute atomic E-state index is 15.1. The van der Waals surface area contributed by atoms with Crippen LogP contribution in [0.5, 0.6) is 0 Å². The topological polar surface area (TPSA) is 98.3 Å². The summed E-state index contributed by atoms with van der Waals surface area (Å²) in [4.78, 5) is 21.5. The number of halogens is 3. The van der Waals surface area contributed by atoms with Gasteiger partial charge in [-0.15, -0.1) is 0 Å². The lowest BCUT2D eigenvalue weighted by atomic mass is 9.73. The van der Waals surface area contributed by atoms with Crippen molar-refractivity contribution in [3.8, 4) is 11.3 Å². The summed E-state index contributed by atoms with van der Waals surface area (Å²) in [6, 6.07) is 5.95. The summed E-state index contributed by atoms with van der Waals surface area (Å²) in [7, 11) is 1.66. The highest BCUT2D eigenvalue weighted by Crippen LogP contribution is 2.43. The van der Waals surface area contributed by atoms with Gasteiger partial charge in [0.05, 0.1) is 17.3 Å². The predicted molar refractivity (Wildman–Crippen MR) is 139 cm³/mol. The molecule has 0 amide bonds. The van der Waals surface area contributed by atoms with E-state index in [0.717, 1.165) is 36.6 Å². The second-order valence-electron chi connectivity index (χ2n) is 10.9. The molecule has 2 fully saturated rings. The molecule has 0 unspecified atom stereocenters. The number of nitrogens with zero attached hydrogens (tertiary/aromatic N) is 2. The zero-order chi connectivity index (χ0) is 27.9. The first-order valence-electron chi connectivity index (χ1n) is 13.2. The Hall–Kier alpha value is -3.14. The van der Waals surface area contributed by atoms with Crippen LogP contribution in [0.3, 0.4) is 0 Å². The van der Waals surface area contributed by atoms with Gasteiger partial charge < -0.3 is 15.6 Å². The van der Waals surface area contributed by atoms with Gasteiger partial charge in [0.2, 0.25) is 0 Å². The third kappa shape index (κ3) is 5.23. The van der Waals surface area contributed by atoms with E-state index in [1.165, 1.54) is 6.07 Å². The SMILES string of the molecule is CO[C@H]1[C@H](N)C[C@H](c2ccncc2CC(=O)c2ccc(F)c(-c3c(F)cc(C4(O)CCC4)cc3F)n2)C[C@@H]1C. The molecule has 5 rings (SSSR count). The predicted octanol–water partition coefficient (Wildman–Crippen LogP) is 5.21. The summed E-state index contributed by atoms with van der Waals surface area (Å²) in [5.74, 6) is -3.16. The fraction of sp³-hybridized carbons (Fsp3) is 0.433. The average Bonchev–Trinajstić information content (AvgIpc) is 2.88. The van der Waals surface area contributed by atoms with Gasteiger partial charge in [0.1, 0.15) is 28.8 Å². The van der Waals surface area contributed by atoms with Gasteiger partial charge in [-0.25, -0.2) is 18.2 Å². The van der Waals surface area contributed by atoms with Gasteiger partial charge in [0.15, 0.2) is 5.78 Å². The third-order valence-corrected chi connectivity index (χ3v) is 8.33. The Morgan fingerprint density at radius 3 is 2.46 bits per heavy atom. The van der Waals surface area contributed by atoms with Crippen molar-refractivity contribution in [3.05, 3.63) is 82.6 Å². The molecule has 39 heavy (non-hydrogen) atoms. The highest BCUT2D eigenvalue weighted by atomic mass is 19.1. The minimum atomic E-state index is -1.28. The number of ether oxygens (including phenoxy) is 1. The second kappa shape index (κ2) is 10.8. The molecule has 2 saturated carbocycles. The minimum absolute atomic E-state index is 0.0403. The van der Waals surface area contributed by atoms with E-state index in [9.17, 15) is 14.3 Å². The number of aromatic nitrogens is 2. The number of benzene rings is 1. The Labute approximate surface area is 225 Å². The molecule has 1 aromatic carbocycles. The van der Waals surface area contributed by atoms with E-state index in [4.69, 9.17) is 10.5 Å². The Bertz CT molecular complexity index is 1360. The van der Waals surface area contributed by atoms with Crippen molar-refractivity contribution in [2.24, 2.45) is 11.7 Å². The Morgan fingerprint density at radius 2 is 1.85 bits per heavy atom. The summed E-state index contributed by atoms with van der Waals surface area (Å²) in [5.41, 5.74) is 5.48. The molecule has 2 heterocycles. The number of hydrogen-bond acceptors (Lipinski definition) is 6. The van der Waals surface area contributed by atoms with E-state index in [1.807, 2.05) is 6.07 Å². The van der Waals surface area contributed by atoms with Gasteiger partial charge in [-0.05, 0) is 91.0 Å². The molecule has 3 N–H and O–H groups in total. The van der Waals surface area contributed by atoms with Crippen molar-refractivity contribution in [1.82, 2.24) is 9.97 Å². The number of methoxy groups -OCH3 is 1. The molecule has 0 radical (unpaired) electrons. The van der Waals surface area contributed by atoms with Crippen LogP contribution in [0, 0.1) is 23.4 Å². The van der Waals surface area contributed by atoms with Crippen LogP contribution < -0.4 is 5.73 Å². The number of pyridine rings is 2. The largest absolute Gasteiger partial charge is 0.385 e. The van der Waals surface area contributed by atoms with Crippen molar-refractivity contribution in [2.45, 2.75) is 69.1 Å². The van der Waals surface area contributed by atoms with Gasteiger partial charge >= 0.3 is 0 Å². The normalized spacial score (nSPS) is 24.3. The Morgan fingerprint density at radius 1 is 1.13 bits per heavy atom. The monoisotopic (exact) mass is 539 g/mol. The van der Waals surface area contributed by atoms with E-state index in [0.29, 0.717) is 24.8 Å². The Kier molecular flexibility index (Phi) is 7.59. The van der Waals surface area contributed by atoms with Crippen LogP contribution in [0.15, 0.2) is 42.7 Å². The van der Waals surface area contributed by atoms with Gasteiger partial charge in [0, 0.05) is 32.0 Å². The summed E-state index contributed by atoms with van der Waals surface area (Å²) in [5, 5.41) is 10.5. The van der Waals surface area contributed by atoms with Crippen LogP contribution in [0.25, 0.3) is 11.3 Å². The van der Waals surface area contributed by atoms with E-state index in [1.54, 1.807) is 19.5 Å². The second-order valence-corrected chi connectivity index (χ2v) is 10.9. The minimum Gasteiger partial charge on any atom is -0.385 e. The summed E-state index contributed by atoms with van der Waals surface area (Å²) in [6.07, 6.45) is 6.27. The average molecular weight is 540 g/mol. The summed E-state index contributed by atoms with van der Waals surface area (Å²) >= 11 is 0. The number of aliphatic hydroxyl groups is 1. The molecule has 4 atom stereocenters. The van der Waals surface area contributed by atoms with Crippen molar-refractivity contribution >= 4 is 5.78 Å². The first kappa shape index (κ1) is 27.4. The molecule has 6 nitrogen and oxygen atoms in total. The van der Waals surface area contributed by atoms with Crippen molar-refractivity contribution in [2.75, 3.05) is 7.11 Å². The molecule has 0 aliphatic heterocycles. The quantitative estimate of drug-likeness (QED) is 0.400. The van der Waals surface area contributed by atoms with Gasteiger partial charge in [-0.1, -0.05) is 6.92 Å².